The fourth-order valence-corrected chi connectivity index (χ4v) is 5.37. The Kier molecular flexibility index (Phi) is 9.60. The molecule has 0 bridgehead atoms. The normalized spacial score (nSPS) is 11.1. The number of anilines is 3. The van der Waals surface area contributed by atoms with Gasteiger partial charge in [-0.15, -0.1) is 0 Å². The van der Waals surface area contributed by atoms with Gasteiger partial charge >= 0.3 is 0 Å². The Morgan fingerprint density at radius 2 is 1.79 bits per heavy atom. The lowest BCUT2D eigenvalue weighted by Gasteiger charge is -2.20. The standard InChI is InChI=1S/C27H24Cl3N7O5S/c1-15-9-17(29)10-19(26(39)31-2)24(15)33-27(40)23-12-18(34-37(23)25-20(30)5-4-8-32-25)13-36(14-38)22-7-6-16(28)11-21(22)35-43(3,41)42/h4-12,14,35H,13H2,1-3H3,(H,31,39)(H,33,40). The van der Waals surface area contributed by atoms with Crippen molar-refractivity contribution in [3.63, 3.8) is 0 Å². The number of carbonyl (C=O) groups is 3. The van der Waals surface area contributed by atoms with E-state index in [1.54, 1.807) is 25.1 Å². The lowest BCUT2D eigenvalue weighted by molar-refractivity contribution is -0.107. The Balaban J connectivity index is 1.79. The zero-order valence-corrected chi connectivity index (χ0v) is 25.9. The van der Waals surface area contributed by atoms with Gasteiger partial charge in [0.05, 0.1) is 46.1 Å². The first-order chi connectivity index (χ1) is 20.3. The van der Waals surface area contributed by atoms with E-state index in [1.807, 2.05) is 0 Å². The van der Waals surface area contributed by atoms with Crippen molar-refractivity contribution in [3.8, 4) is 5.82 Å². The predicted octanol–water partition coefficient (Wildman–Crippen LogP) is 4.68. The summed E-state index contributed by atoms with van der Waals surface area (Å²) in [5.41, 5.74) is 1.34. The van der Waals surface area contributed by atoms with Gasteiger partial charge in [-0.2, -0.15) is 5.10 Å². The first kappa shape index (κ1) is 31.8. The van der Waals surface area contributed by atoms with Crippen LogP contribution in [-0.2, 0) is 21.4 Å². The van der Waals surface area contributed by atoms with Gasteiger partial charge in [0.1, 0.15) is 5.69 Å². The van der Waals surface area contributed by atoms with Crippen molar-refractivity contribution >= 4 is 80.1 Å². The average molecular weight is 665 g/mol. The number of halogens is 3. The van der Waals surface area contributed by atoms with E-state index < -0.39 is 21.8 Å². The molecule has 224 valence electrons. The van der Waals surface area contributed by atoms with E-state index in [0.29, 0.717) is 17.0 Å². The Morgan fingerprint density at radius 1 is 1.05 bits per heavy atom. The van der Waals surface area contributed by atoms with Crippen molar-refractivity contribution < 1.29 is 22.8 Å². The lowest BCUT2D eigenvalue weighted by Crippen LogP contribution is -2.23. The van der Waals surface area contributed by atoms with Crippen molar-refractivity contribution in [1.29, 1.82) is 0 Å². The number of amides is 3. The van der Waals surface area contributed by atoms with Crippen LogP contribution in [-0.4, -0.2) is 54.7 Å². The maximum atomic E-state index is 13.7. The molecule has 4 aromatic rings. The van der Waals surface area contributed by atoms with Gasteiger partial charge in [-0.05, 0) is 61.0 Å². The van der Waals surface area contributed by atoms with Crippen molar-refractivity contribution in [3.05, 3.63) is 92.3 Å². The minimum Gasteiger partial charge on any atom is -0.355 e. The largest absolute Gasteiger partial charge is 0.355 e. The molecule has 0 radical (unpaired) electrons. The number of nitrogens with zero attached hydrogens (tertiary/aromatic N) is 4. The van der Waals surface area contributed by atoms with Crippen molar-refractivity contribution in [2.45, 2.75) is 13.5 Å². The van der Waals surface area contributed by atoms with Crippen LogP contribution in [0.25, 0.3) is 5.82 Å². The van der Waals surface area contributed by atoms with E-state index in [-0.39, 0.29) is 56.4 Å². The molecule has 3 N–H and O–H groups in total. The monoisotopic (exact) mass is 663 g/mol. The zero-order chi connectivity index (χ0) is 31.5. The van der Waals surface area contributed by atoms with Gasteiger partial charge in [-0.25, -0.2) is 18.1 Å². The number of hydrogen-bond donors (Lipinski definition) is 3. The molecule has 4 rings (SSSR count). The summed E-state index contributed by atoms with van der Waals surface area (Å²) in [5.74, 6) is -1.01. The Hall–Kier alpha value is -4.17. The van der Waals surface area contributed by atoms with Crippen LogP contribution >= 0.6 is 34.8 Å². The number of pyridine rings is 1. The molecule has 16 heteroatoms. The minimum atomic E-state index is -3.72. The summed E-state index contributed by atoms with van der Waals surface area (Å²) in [4.78, 5) is 43.9. The molecule has 0 aliphatic heterocycles. The highest BCUT2D eigenvalue weighted by Gasteiger charge is 2.24. The molecule has 0 atom stereocenters. The number of aryl methyl sites for hydroxylation is 1. The third-order valence-corrected chi connectivity index (χ3v) is 7.30. The molecular weight excluding hydrogens is 641 g/mol. The van der Waals surface area contributed by atoms with Crippen molar-refractivity contribution in [2.24, 2.45) is 0 Å². The van der Waals surface area contributed by atoms with Gasteiger partial charge in [0, 0.05) is 23.3 Å². The Bertz CT molecular complexity index is 1850. The highest BCUT2D eigenvalue weighted by molar-refractivity contribution is 7.92. The second-order valence-electron chi connectivity index (χ2n) is 9.19. The van der Waals surface area contributed by atoms with Crippen molar-refractivity contribution in [2.75, 3.05) is 28.2 Å². The molecule has 2 heterocycles. The molecule has 0 aliphatic carbocycles. The van der Waals surface area contributed by atoms with E-state index in [4.69, 9.17) is 34.8 Å². The predicted molar refractivity (Wildman–Crippen MR) is 166 cm³/mol. The molecule has 43 heavy (non-hydrogen) atoms. The molecule has 0 saturated heterocycles. The quantitative estimate of drug-likeness (QED) is 0.208. The molecule has 0 unspecified atom stereocenters. The summed E-state index contributed by atoms with van der Waals surface area (Å²) in [6.45, 7) is 1.49. The number of aromatic nitrogens is 3. The van der Waals surface area contributed by atoms with Crippen LogP contribution in [0, 0.1) is 6.92 Å². The third kappa shape index (κ3) is 7.43. The van der Waals surface area contributed by atoms with E-state index >= 15 is 0 Å². The lowest BCUT2D eigenvalue weighted by atomic mass is 10.1. The maximum absolute atomic E-state index is 13.7. The summed E-state index contributed by atoms with van der Waals surface area (Å²) in [6.07, 6.45) is 2.91. The summed E-state index contributed by atoms with van der Waals surface area (Å²) >= 11 is 18.6. The Morgan fingerprint density at radius 3 is 2.44 bits per heavy atom. The van der Waals surface area contributed by atoms with Gasteiger partial charge < -0.3 is 15.5 Å². The molecule has 3 amide bonds. The molecule has 2 aromatic heterocycles. The molecule has 0 fully saturated rings. The number of carbonyl (C=O) groups excluding carboxylic acids is 3. The molecular formula is C27H24Cl3N7O5S. The topological polar surface area (TPSA) is 155 Å². The van der Waals surface area contributed by atoms with E-state index in [1.165, 1.54) is 53.2 Å². The van der Waals surface area contributed by atoms with Crippen LogP contribution in [0.15, 0.2) is 54.7 Å². The summed E-state index contributed by atoms with van der Waals surface area (Å²) in [5, 5.41) is 10.5. The highest BCUT2D eigenvalue weighted by atomic mass is 35.5. The molecule has 0 saturated carbocycles. The Labute approximate surface area is 262 Å². The maximum Gasteiger partial charge on any atom is 0.274 e. The van der Waals surface area contributed by atoms with Crippen LogP contribution in [0.4, 0.5) is 17.1 Å². The number of sulfonamides is 1. The molecule has 2 aromatic carbocycles. The average Bonchev–Trinajstić information content (AvgIpc) is 3.36. The smallest absolute Gasteiger partial charge is 0.274 e. The van der Waals surface area contributed by atoms with Crippen LogP contribution in [0.5, 0.6) is 0 Å². The van der Waals surface area contributed by atoms with Crippen LogP contribution < -0.4 is 20.3 Å². The van der Waals surface area contributed by atoms with E-state index in [2.05, 4.69) is 25.4 Å². The second-order valence-corrected chi connectivity index (χ2v) is 12.2. The van der Waals surface area contributed by atoms with Gasteiger partial charge in [0.2, 0.25) is 16.4 Å². The molecule has 0 spiro atoms. The van der Waals surface area contributed by atoms with Gasteiger partial charge in [-0.1, -0.05) is 34.8 Å². The number of hydrogen-bond acceptors (Lipinski definition) is 7. The van der Waals surface area contributed by atoms with E-state index in [9.17, 15) is 22.8 Å². The number of nitrogens with one attached hydrogen (secondary N) is 3. The van der Waals surface area contributed by atoms with E-state index in [0.717, 1.165) is 6.26 Å². The van der Waals surface area contributed by atoms with Crippen molar-refractivity contribution in [1.82, 2.24) is 20.1 Å². The van der Waals surface area contributed by atoms with Crippen LogP contribution in [0.2, 0.25) is 15.1 Å². The van der Waals surface area contributed by atoms with Gasteiger partial charge in [0.25, 0.3) is 11.8 Å². The number of rotatable bonds is 10. The highest BCUT2D eigenvalue weighted by Crippen LogP contribution is 2.31. The first-order valence-electron chi connectivity index (χ1n) is 12.3. The van der Waals surface area contributed by atoms with Crippen LogP contribution in [0.1, 0.15) is 32.1 Å². The fraction of sp³-hybridized carbons (Fsp3) is 0.148. The fourth-order valence-electron chi connectivity index (χ4n) is 4.16. The number of benzene rings is 2. The minimum absolute atomic E-state index is 0.0238. The second kappa shape index (κ2) is 13.0. The van der Waals surface area contributed by atoms with Gasteiger partial charge in [-0.3, -0.25) is 19.1 Å². The summed E-state index contributed by atoms with van der Waals surface area (Å²) < 4.78 is 27.4. The molecule has 0 aliphatic rings. The first-order valence-corrected chi connectivity index (χ1v) is 15.4. The zero-order valence-electron chi connectivity index (χ0n) is 22.9. The summed E-state index contributed by atoms with van der Waals surface area (Å²) in [6, 6.07) is 11.9. The third-order valence-electron chi connectivity index (χ3n) is 5.97. The van der Waals surface area contributed by atoms with Crippen LogP contribution in [0.3, 0.4) is 0 Å². The summed E-state index contributed by atoms with van der Waals surface area (Å²) in [7, 11) is -2.27. The van der Waals surface area contributed by atoms with Gasteiger partial charge in [0.15, 0.2) is 5.82 Å². The molecule has 12 nitrogen and oxygen atoms in total. The SMILES string of the molecule is CNC(=O)c1cc(Cl)cc(C)c1NC(=O)c1cc(CN(C=O)c2ccc(Cl)cc2NS(C)(=O)=O)nn1-c1ncccc1Cl.